The van der Waals surface area contributed by atoms with Gasteiger partial charge in [0.15, 0.2) is 0 Å². The number of nitrogens with one attached hydrogen (secondary N) is 1. The second-order valence-electron chi connectivity index (χ2n) is 1.68. The van der Waals surface area contributed by atoms with Crippen molar-refractivity contribution in [3.8, 4) is 0 Å². The Balaban J connectivity index is 0. The lowest BCUT2D eigenvalue weighted by Gasteiger charge is -2.17. The van der Waals surface area contributed by atoms with Crippen LogP contribution in [0, 0.1) is 0 Å². The van der Waals surface area contributed by atoms with Gasteiger partial charge in [0.25, 0.3) is 0 Å². The average molecular weight is 197 g/mol. The summed E-state index contributed by atoms with van der Waals surface area (Å²) in [5.74, 6) is 0. The van der Waals surface area contributed by atoms with Crippen LogP contribution in [0.2, 0.25) is 0 Å². The summed E-state index contributed by atoms with van der Waals surface area (Å²) in [7, 11) is 0. The number of hydrogen-bond donors (Lipinski definition) is 1. The molecule has 0 bridgehead atoms. The maximum absolute atomic E-state index is 3.22. The number of rotatable bonds is 4. The van der Waals surface area contributed by atoms with Gasteiger partial charge in [0, 0.05) is 19.6 Å². The van der Waals surface area contributed by atoms with Gasteiger partial charge in [-0.3, -0.25) is 5.43 Å². The highest BCUT2D eigenvalue weighted by Gasteiger charge is 1.91. The maximum atomic E-state index is 3.22. The first-order valence-corrected chi connectivity index (χ1v) is 3.33. The third-order valence-electron chi connectivity index (χ3n) is 1.15. The molecule has 9 heavy (non-hydrogen) atoms. The summed E-state index contributed by atoms with van der Waals surface area (Å²) >= 11 is 0. The molecule has 0 aromatic carbocycles. The van der Waals surface area contributed by atoms with E-state index in [0.717, 1.165) is 19.6 Å². The highest BCUT2D eigenvalue weighted by Crippen LogP contribution is 1.76. The first-order valence-electron chi connectivity index (χ1n) is 3.33. The van der Waals surface area contributed by atoms with Crippen molar-refractivity contribution in [1.82, 2.24) is 10.4 Å². The van der Waals surface area contributed by atoms with Crippen LogP contribution in [0.5, 0.6) is 0 Å². The molecular formula is C6H17BrN2. The predicted molar refractivity (Wildman–Crippen MR) is 46.9 cm³/mol. The smallest absolute Gasteiger partial charge is 0.0102 e. The van der Waals surface area contributed by atoms with E-state index >= 15 is 0 Å². The van der Waals surface area contributed by atoms with Crippen molar-refractivity contribution in [3.05, 3.63) is 0 Å². The van der Waals surface area contributed by atoms with Crippen LogP contribution in [0.3, 0.4) is 0 Å². The van der Waals surface area contributed by atoms with Gasteiger partial charge in [-0.05, 0) is 0 Å². The van der Waals surface area contributed by atoms with Crippen molar-refractivity contribution in [2.75, 3.05) is 19.6 Å². The van der Waals surface area contributed by atoms with Crippen LogP contribution in [0.4, 0.5) is 0 Å². The molecule has 0 fully saturated rings. The van der Waals surface area contributed by atoms with Crippen molar-refractivity contribution in [3.63, 3.8) is 0 Å². The summed E-state index contributed by atoms with van der Waals surface area (Å²) in [5, 5.41) is 2.18. The Bertz CT molecular complexity index is 46.3. The number of hydrogen-bond acceptors (Lipinski definition) is 2. The van der Waals surface area contributed by atoms with E-state index in [1.54, 1.807) is 0 Å². The molecule has 0 saturated heterocycles. The molecule has 0 radical (unpaired) electrons. The second kappa shape index (κ2) is 8.40. The SMILES string of the molecule is Br.CCNN(CC)CC. The standard InChI is InChI=1S/C6H16N2.BrH/c1-4-7-8(5-2)6-3;/h7H,4-6H2,1-3H3;1H. The van der Waals surface area contributed by atoms with Crippen LogP contribution in [-0.2, 0) is 0 Å². The van der Waals surface area contributed by atoms with Crippen molar-refractivity contribution in [1.29, 1.82) is 0 Å². The molecule has 0 rings (SSSR count). The molecule has 0 unspecified atom stereocenters. The fraction of sp³-hybridized carbons (Fsp3) is 1.00. The minimum absolute atomic E-state index is 0. The normalized spacial score (nSPS) is 9.33. The van der Waals surface area contributed by atoms with E-state index in [9.17, 15) is 0 Å². The molecule has 0 aliphatic rings. The topological polar surface area (TPSA) is 15.3 Å². The summed E-state index contributed by atoms with van der Waals surface area (Å²) in [6.45, 7) is 9.60. The Morgan fingerprint density at radius 2 is 1.56 bits per heavy atom. The van der Waals surface area contributed by atoms with Gasteiger partial charge in [0.1, 0.15) is 0 Å². The minimum Gasteiger partial charge on any atom is -0.255 e. The van der Waals surface area contributed by atoms with Crippen LogP contribution in [0.1, 0.15) is 20.8 Å². The first-order chi connectivity index (χ1) is 3.85. The Kier molecular flexibility index (Phi) is 11.3. The first kappa shape index (κ1) is 12.1. The van der Waals surface area contributed by atoms with E-state index in [1.807, 2.05) is 0 Å². The van der Waals surface area contributed by atoms with Crippen molar-refractivity contribution >= 4 is 17.0 Å². The molecule has 0 aliphatic heterocycles. The fourth-order valence-electron chi connectivity index (χ4n) is 0.671. The Hall–Kier alpha value is 0.400. The molecule has 58 valence electrons. The van der Waals surface area contributed by atoms with Gasteiger partial charge >= 0.3 is 0 Å². The van der Waals surface area contributed by atoms with Crippen LogP contribution < -0.4 is 5.43 Å². The molecular weight excluding hydrogens is 180 g/mol. The van der Waals surface area contributed by atoms with Gasteiger partial charge in [-0.25, -0.2) is 5.01 Å². The third kappa shape index (κ3) is 6.28. The molecule has 3 heteroatoms. The summed E-state index contributed by atoms with van der Waals surface area (Å²) in [5.41, 5.74) is 3.22. The van der Waals surface area contributed by atoms with E-state index in [0.29, 0.717) is 0 Å². The van der Waals surface area contributed by atoms with E-state index < -0.39 is 0 Å². The molecule has 0 amide bonds. The average Bonchev–Trinajstić information content (AvgIpc) is 1.83. The fourth-order valence-corrected chi connectivity index (χ4v) is 0.671. The van der Waals surface area contributed by atoms with Crippen LogP contribution in [-0.4, -0.2) is 24.6 Å². The molecule has 2 nitrogen and oxygen atoms in total. The predicted octanol–water partition coefficient (Wildman–Crippen LogP) is 1.43. The van der Waals surface area contributed by atoms with E-state index in [4.69, 9.17) is 0 Å². The largest absolute Gasteiger partial charge is 0.255 e. The minimum atomic E-state index is 0. The third-order valence-corrected chi connectivity index (χ3v) is 1.15. The van der Waals surface area contributed by atoms with Crippen LogP contribution in [0.25, 0.3) is 0 Å². The molecule has 0 atom stereocenters. The van der Waals surface area contributed by atoms with Crippen LogP contribution >= 0.6 is 17.0 Å². The van der Waals surface area contributed by atoms with Crippen molar-refractivity contribution in [2.45, 2.75) is 20.8 Å². The molecule has 0 aromatic heterocycles. The summed E-state index contributed by atoms with van der Waals surface area (Å²) in [6.07, 6.45) is 0. The zero-order valence-corrected chi connectivity index (χ0v) is 8.19. The Morgan fingerprint density at radius 3 is 1.67 bits per heavy atom. The lowest BCUT2D eigenvalue weighted by atomic mass is 10.6. The lowest BCUT2D eigenvalue weighted by molar-refractivity contribution is 0.215. The van der Waals surface area contributed by atoms with E-state index in [-0.39, 0.29) is 17.0 Å². The van der Waals surface area contributed by atoms with Gasteiger partial charge < -0.3 is 0 Å². The number of hydrazine groups is 1. The Morgan fingerprint density at radius 1 is 1.11 bits per heavy atom. The van der Waals surface area contributed by atoms with E-state index in [1.165, 1.54) is 0 Å². The zero-order chi connectivity index (χ0) is 6.41. The van der Waals surface area contributed by atoms with Crippen molar-refractivity contribution < 1.29 is 0 Å². The number of nitrogens with zero attached hydrogens (tertiary/aromatic N) is 1. The van der Waals surface area contributed by atoms with Gasteiger partial charge in [-0.15, -0.1) is 17.0 Å². The van der Waals surface area contributed by atoms with Gasteiger partial charge in [-0.2, -0.15) is 0 Å². The monoisotopic (exact) mass is 196 g/mol. The summed E-state index contributed by atoms with van der Waals surface area (Å²) in [6, 6.07) is 0. The van der Waals surface area contributed by atoms with E-state index in [2.05, 4.69) is 31.2 Å². The Labute approximate surface area is 68.4 Å². The summed E-state index contributed by atoms with van der Waals surface area (Å²) in [4.78, 5) is 0. The highest BCUT2D eigenvalue weighted by molar-refractivity contribution is 8.93. The quantitative estimate of drug-likeness (QED) is 0.686. The summed E-state index contributed by atoms with van der Waals surface area (Å²) < 4.78 is 0. The second-order valence-corrected chi connectivity index (χ2v) is 1.68. The van der Waals surface area contributed by atoms with Gasteiger partial charge in [0.05, 0.1) is 0 Å². The molecule has 0 aromatic rings. The van der Waals surface area contributed by atoms with Gasteiger partial charge in [0.2, 0.25) is 0 Å². The van der Waals surface area contributed by atoms with Crippen LogP contribution in [0.15, 0.2) is 0 Å². The molecule has 0 aliphatic carbocycles. The van der Waals surface area contributed by atoms with Crippen molar-refractivity contribution in [2.24, 2.45) is 0 Å². The molecule has 0 spiro atoms. The molecule has 0 heterocycles. The zero-order valence-electron chi connectivity index (χ0n) is 6.48. The molecule has 1 N–H and O–H groups in total. The molecule has 0 saturated carbocycles. The lowest BCUT2D eigenvalue weighted by Crippen LogP contribution is -2.37. The maximum Gasteiger partial charge on any atom is 0.0102 e. The van der Waals surface area contributed by atoms with Gasteiger partial charge in [-0.1, -0.05) is 20.8 Å². The highest BCUT2D eigenvalue weighted by atomic mass is 79.9. The number of halogens is 1.